The predicted octanol–water partition coefficient (Wildman–Crippen LogP) is 4.91. The van der Waals surface area contributed by atoms with E-state index in [0.717, 1.165) is 19.3 Å². The van der Waals surface area contributed by atoms with Crippen molar-refractivity contribution in [3.05, 3.63) is 72.7 Å². The van der Waals surface area contributed by atoms with Gasteiger partial charge in [0.25, 0.3) is 0 Å². The fourth-order valence-electron chi connectivity index (χ4n) is 3.65. The predicted molar refractivity (Wildman–Crippen MR) is 128 cm³/mol. The lowest BCUT2D eigenvalue weighted by atomic mass is 10.2. The monoisotopic (exact) mass is 482 g/mol. The van der Waals surface area contributed by atoms with Crippen LogP contribution >= 0.6 is 0 Å². The summed E-state index contributed by atoms with van der Waals surface area (Å²) in [5.74, 6) is 1.26. The number of nitrogens with one attached hydrogen (secondary N) is 1. The number of hydrogen-bond donors (Lipinski definition) is 1. The van der Waals surface area contributed by atoms with Crippen LogP contribution in [0.5, 0.6) is 17.2 Å². The fraction of sp³-hybridized carbons (Fsp3) is 0.240. The van der Waals surface area contributed by atoms with Gasteiger partial charge in [0.1, 0.15) is 5.76 Å². The molecule has 9 heteroatoms. The van der Waals surface area contributed by atoms with Crippen LogP contribution < -0.4 is 14.8 Å². The molecule has 1 aliphatic rings. The van der Waals surface area contributed by atoms with Gasteiger partial charge in [0.15, 0.2) is 17.2 Å². The highest BCUT2D eigenvalue weighted by Crippen LogP contribution is 2.37. The molecular weight excluding hydrogens is 456 g/mol. The fourth-order valence-corrected chi connectivity index (χ4v) is 5.19. The number of ether oxygens (including phenoxy) is 2. The molecule has 34 heavy (non-hydrogen) atoms. The zero-order valence-corrected chi connectivity index (χ0v) is 19.6. The number of piperidine rings is 1. The van der Waals surface area contributed by atoms with E-state index in [-0.39, 0.29) is 16.3 Å². The number of hydrogen-bond acceptors (Lipinski definition) is 6. The Labute approximate surface area is 198 Å². The van der Waals surface area contributed by atoms with Gasteiger partial charge < -0.3 is 19.2 Å². The zero-order valence-electron chi connectivity index (χ0n) is 18.8. The van der Waals surface area contributed by atoms with Crippen molar-refractivity contribution in [2.75, 3.05) is 25.5 Å². The van der Waals surface area contributed by atoms with E-state index in [2.05, 4.69) is 5.32 Å². The van der Waals surface area contributed by atoms with Crippen LogP contribution in [0.1, 0.15) is 25.0 Å². The van der Waals surface area contributed by atoms with E-state index in [0.29, 0.717) is 30.3 Å². The molecule has 0 bridgehead atoms. The first-order valence-corrected chi connectivity index (χ1v) is 12.4. The van der Waals surface area contributed by atoms with Crippen LogP contribution in [0.4, 0.5) is 5.69 Å². The number of sulfonamides is 1. The van der Waals surface area contributed by atoms with Gasteiger partial charge >= 0.3 is 0 Å². The smallest absolute Gasteiger partial charge is 0.248 e. The summed E-state index contributed by atoms with van der Waals surface area (Å²) in [5, 5.41) is 2.73. The number of carbonyl (C=O) groups is 1. The summed E-state index contributed by atoms with van der Waals surface area (Å²) in [4.78, 5) is 12.7. The van der Waals surface area contributed by atoms with Crippen molar-refractivity contribution in [2.24, 2.45) is 0 Å². The summed E-state index contributed by atoms with van der Waals surface area (Å²) >= 11 is 0. The Morgan fingerprint density at radius 3 is 2.47 bits per heavy atom. The van der Waals surface area contributed by atoms with Crippen molar-refractivity contribution in [3.8, 4) is 17.2 Å². The van der Waals surface area contributed by atoms with Gasteiger partial charge in [-0.05, 0) is 61.4 Å². The number of anilines is 1. The van der Waals surface area contributed by atoms with Gasteiger partial charge in [-0.1, -0.05) is 18.6 Å². The van der Waals surface area contributed by atoms with Gasteiger partial charge in [0.2, 0.25) is 15.9 Å². The lowest BCUT2D eigenvalue weighted by Crippen LogP contribution is -2.35. The SMILES string of the molecule is COc1ccccc1Oc1ccc(S(=O)(=O)N2CCCCC2)cc1NC(=O)/C=C/c1ccco1. The first-order valence-electron chi connectivity index (χ1n) is 10.9. The molecule has 2 aromatic carbocycles. The number of benzene rings is 2. The van der Waals surface area contributed by atoms with Gasteiger partial charge in [-0.2, -0.15) is 4.31 Å². The maximum atomic E-state index is 13.2. The number of furan rings is 1. The van der Waals surface area contributed by atoms with E-state index in [4.69, 9.17) is 13.9 Å². The Kier molecular flexibility index (Phi) is 7.34. The van der Waals surface area contributed by atoms with Crippen LogP contribution in [0.3, 0.4) is 0 Å². The molecule has 4 rings (SSSR count). The summed E-state index contributed by atoms with van der Waals surface area (Å²) in [7, 11) is -2.18. The standard InChI is InChI=1S/C25H26N2O6S/c1-31-23-9-3-4-10-24(23)33-22-13-12-20(34(29,30)27-15-5-2-6-16-27)18-21(22)26-25(28)14-11-19-8-7-17-32-19/h3-4,7-14,17-18H,2,5-6,15-16H2,1H3,(H,26,28)/b14-11+. The molecule has 3 aromatic rings. The molecule has 1 N–H and O–H groups in total. The summed E-state index contributed by atoms with van der Waals surface area (Å²) < 4.78 is 44.4. The molecule has 1 aliphatic heterocycles. The number of methoxy groups -OCH3 is 1. The van der Waals surface area contributed by atoms with Crippen molar-refractivity contribution in [1.82, 2.24) is 4.31 Å². The third-order valence-electron chi connectivity index (χ3n) is 5.39. The van der Waals surface area contributed by atoms with Crippen LogP contribution in [0.15, 0.2) is 76.2 Å². The average Bonchev–Trinajstić information content (AvgIpc) is 3.38. The molecule has 1 fully saturated rings. The first-order chi connectivity index (χ1) is 16.5. The molecule has 2 heterocycles. The molecular formula is C25H26N2O6S. The highest BCUT2D eigenvalue weighted by molar-refractivity contribution is 7.89. The maximum Gasteiger partial charge on any atom is 0.248 e. The van der Waals surface area contributed by atoms with Crippen molar-refractivity contribution in [3.63, 3.8) is 0 Å². The average molecular weight is 483 g/mol. The van der Waals surface area contributed by atoms with E-state index in [9.17, 15) is 13.2 Å². The number of carbonyl (C=O) groups excluding carboxylic acids is 1. The Balaban J connectivity index is 1.66. The second kappa shape index (κ2) is 10.6. The maximum absolute atomic E-state index is 13.2. The molecule has 8 nitrogen and oxygen atoms in total. The van der Waals surface area contributed by atoms with E-state index < -0.39 is 15.9 Å². The van der Waals surface area contributed by atoms with Crippen molar-refractivity contribution in [2.45, 2.75) is 24.2 Å². The van der Waals surface area contributed by atoms with Crippen molar-refractivity contribution < 1.29 is 27.1 Å². The Hall–Kier alpha value is -3.56. The lowest BCUT2D eigenvalue weighted by Gasteiger charge is -2.26. The minimum Gasteiger partial charge on any atom is -0.493 e. The summed E-state index contributed by atoms with van der Waals surface area (Å²) in [6.45, 7) is 0.963. The normalized spacial score (nSPS) is 14.7. The Bertz CT molecular complexity index is 1260. The van der Waals surface area contributed by atoms with E-state index >= 15 is 0 Å². The molecule has 0 atom stereocenters. The van der Waals surface area contributed by atoms with Crippen LogP contribution in [-0.4, -0.2) is 38.8 Å². The summed E-state index contributed by atoms with van der Waals surface area (Å²) in [5.41, 5.74) is 0.220. The topological polar surface area (TPSA) is 98.1 Å². The third kappa shape index (κ3) is 5.49. The molecule has 1 aromatic heterocycles. The second-order valence-electron chi connectivity index (χ2n) is 7.71. The lowest BCUT2D eigenvalue weighted by molar-refractivity contribution is -0.111. The molecule has 1 amide bonds. The Morgan fingerprint density at radius 2 is 1.76 bits per heavy atom. The largest absolute Gasteiger partial charge is 0.493 e. The van der Waals surface area contributed by atoms with E-state index in [1.54, 1.807) is 30.3 Å². The molecule has 0 saturated carbocycles. The van der Waals surface area contributed by atoms with Crippen LogP contribution in [-0.2, 0) is 14.8 Å². The third-order valence-corrected chi connectivity index (χ3v) is 7.29. The van der Waals surface area contributed by atoms with Crippen LogP contribution in [0.25, 0.3) is 6.08 Å². The van der Waals surface area contributed by atoms with Gasteiger partial charge in [0.05, 0.1) is 24.0 Å². The highest BCUT2D eigenvalue weighted by atomic mass is 32.2. The quantitative estimate of drug-likeness (QED) is 0.458. The van der Waals surface area contributed by atoms with Gasteiger partial charge in [-0.3, -0.25) is 4.79 Å². The van der Waals surface area contributed by atoms with Gasteiger partial charge in [-0.15, -0.1) is 0 Å². The highest BCUT2D eigenvalue weighted by Gasteiger charge is 2.27. The van der Waals surface area contributed by atoms with Crippen LogP contribution in [0, 0.1) is 0 Å². The van der Waals surface area contributed by atoms with Crippen molar-refractivity contribution >= 4 is 27.7 Å². The minimum absolute atomic E-state index is 0.0899. The summed E-state index contributed by atoms with van der Waals surface area (Å²) in [6.07, 6.45) is 7.00. The van der Waals surface area contributed by atoms with E-state index in [1.165, 1.54) is 48.0 Å². The second-order valence-corrected chi connectivity index (χ2v) is 9.65. The molecule has 0 spiro atoms. The molecule has 0 radical (unpaired) electrons. The van der Waals surface area contributed by atoms with Crippen molar-refractivity contribution in [1.29, 1.82) is 0 Å². The number of para-hydroxylation sites is 2. The summed E-state index contributed by atoms with van der Waals surface area (Å²) in [6, 6.07) is 14.9. The molecule has 0 unspecified atom stereocenters. The number of nitrogens with zero attached hydrogens (tertiary/aromatic N) is 1. The Morgan fingerprint density at radius 1 is 1.00 bits per heavy atom. The van der Waals surface area contributed by atoms with E-state index in [1.807, 2.05) is 6.07 Å². The van der Waals surface area contributed by atoms with Crippen LogP contribution in [0.2, 0.25) is 0 Å². The molecule has 0 aliphatic carbocycles. The minimum atomic E-state index is -3.70. The molecule has 178 valence electrons. The zero-order chi connectivity index (χ0) is 24.0. The number of rotatable bonds is 8. The first kappa shape index (κ1) is 23.6. The van der Waals surface area contributed by atoms with Gasteiger partial charge in [-0.25, -0.2) is 8.42 Å². The number of amides is 1. The van der Waals surface area contributed by atoms with Gasteiger partial charge in [0, 0.05) is 19.2 Å². The molecule has 1 saturated heterocycles.